The third-order valence-corrected chi connectivity index (χ3v) is 7.04. The predicted octanol–water partition coefficient (Wildman–Crippen LogP) is 4.79. The Bertz CT molecular complexity index is 875. The number of methoxy groups -OCH3 is 5. The molecule has 1 heterocycles. The van der Waals surface area contributed by atoms with Crippen LogP contribution in [-0.4, -0.2) is 35.5 Å². The van der Waals surface area contributed by atoms with Crippen molar-refractivity contribution in [2.24, 2.45) is 0 Å². The van der Waals surface area contributed by atoms with Crippen LogP contribution in [0.1, 0.15) is 15.7 Å². The van der Waals surface area contributed by atoms with E-state index < -0.39 is 0 Å². The van der Waals surface area contributed by atoms with Crippen molar-refractivity contribution < 1.29 is 23.7 Å². The first-order chi connectivity index (χ1) is 13.6. The van der Waals surface area contributed by atoms with Gasteiger partial charge in [-0.25, -0.2) is 0 Å². The molecule has 3 rings (SSSR count). The molecule has 0 amide bonds. The summed E-state index contributed by atoms with van der Waals surface area (Å²) in [6.07, 6.45) is 0. The number of hydrogen-bond donors (Lipinski definition) is 1. The first-order valence-corrected chi connectivity index (χ1v) is 10.2. The van der Waals surface area contributed by atoms with Crippen molar-refractivity contribution in [1.82, 2.24) is 0 Å². The Hall–Kier alpha value is -2.32. The van der Waals surface area contributed by atoms with E-state index in [9.17, 15) is 0 Å². The van der Waals surface area contributed by atoms with E-state index in [-0.39, 0.29) is 4.58 Å². The van der Waals surface area contributed by atoms with Gasteiger partial charge in [0.05, 0.1) is 45.8 Å². The van der Waals surface area contributed by atoms with Crippen molar-refractivity contribution in [1.29, 1.82) is 0 Å². The van der Waals surface area contributed by atoms with E-state index in [2.05, 4.69) is 5.41 Å². The maximum Gasteiger partial charge on any atom is 0.203 e. The zero-order valence-electron chi connectivity index (χ0n) is 16.4. The van der Waals surface area contributed by atoms with E-state index in [1.165, 1.54) is 0 Å². The van der Waals surface area contributed by atoms with Crippen molar-refractivity contribution in [3.8, 4) is 28.7 Å². The monoisotopic (exact) mass is 421 g/mol. The standard InChI is InChI=1S/C20H23NO5S2/c1-22-14-9-12(6-13(21)18(14)25-4)20-27-10-17(28-20)11-7-15(23-2)19(26-5)16(8-11)24-3/h6-10,20H,21H2,1-5H3. The quantitative estimate of drug-likeness (QED) is 0.640. The van der Waals surface area contributed by atoms with Gasteiger partial charge in [-0.05, 0) is 40.8 Å². The molecule has 1 unspecified atom stereocenters. The second-order valence-corrected chi connectivity index (χ2v) is 8.25. The number of anilines is 1. The molecule has 2 N–H and O–H groups in total. The molecule has 0 saturated heterocycles. The molecule has 0 saturated carbocycles. The zero-order chi connectivity index (χ0) is 20.3. The van der Waals surface area contributed by atoms with E-state index in [0.29, 0.717) is 34.4 Å². The third kappa shape index (κ3) is 3.79. The normalized spacial score (nSPS) is 15.8. The van der Waals surface area contributed by atoms with Crippen LogP contribution in [0.5, 0.6) is 28.7 Å². The molecule has 0 aromatic heterocycles. The van der Waals surface area contributed by atoms with E-state index >= 15 is 0 Å². The van der Waals surface area contributed by atoms with Crippen molar-refractivity contribution >= 4 is 34.1 Å². The van der Waals surface area contributed by atoms with Crippen LogP contribution in [0.25, 0.3) is 4.91 Å². The highest BCUT2D eigenvalue weighted by molar-refractivity contribution is 8.25. The second-order valence-electron chi connectivity index (χ2n) is 5.83. The smallest absolute Gasteiger partial charge is 0.203 e. The average molecular weight is 422 g/mol. The van der Waals surface area contributed by atoms with E-state index in [1.54, 1.807) is 59.1 Å². The minimum atomic E-state index is 0.149. The Morgan fingerprint density at radius 2 is 1.32 bits per heavy atom. The molecule has 28 heavy (non-hydrogen) atoms. The van der Waals surface area contributed by atoms with Crippen LogP contribution >= 0.6 is 23.5 Å². The highest BCUT2D eigenvalue weighted by Crippen LogP contribution is 2.56. The topological polar surface area (TPSA) is 72.2 Å². The summed E-state index contributed by atoms with van der Waals surface area (Å²) < 4.78 is 27.2. The van der Waals surface area contributed by atoms with Gasteiger partial charge in [-0.1, -0.05) is 0 Å². The van der Waals surface area contributed by atoms with Gasteiger partial charge in [0.2, 0.25) is 5.75 Å². The van der Waals surface area contributed by atoms with Gasteiger partial charge in [-0.2, -0.15) is 0 Å². The molecule has 1 aliphatic rings. The summed E-state index contributed by atoms with van der Waals surface area (Å²) in [7, 11) is 8.01. The Morgan fingerprint density at radius 3 is 1.86 bits per heavy atom. The van der Waals surface area contributed by atoms with Gasteiger partial charge >= 0.3 is 0 Å². The number of nitrogen functional groups attached to an aromatic ring is 1. The Kier molecular flexibility index (Phi) is 6.41. The maximum absolute atomic E-state index is 6.14. The van der Waals surface area contributed by atoms with Crippen molar-refractivity contribution in [3.05, 3.63) is 40.8 Å². The van der Waals surface area contributed by atoms with Crippen LogP contribution in [0, 0.1) is 0 Å². The third-order valence-electron chi connectivity index (χ3n) is 4.28. The molecule has 150 valence electrons. The lowest BCUT2D eigenvalue weighted by molar-refractivity contribution is 0.324. The van der Waals surface area contributed by atoms with Gasteiger partial charge in [-0.15, -0.1) is 23.5 Å². The Morgan fingerprint density at radius 1 is 0.750 bits per heavy atom. The van der Waals surface area contributed by atoms with Gasteiger partial charge in [0, 0.05) is 4.91 Å². The zero-order valence-corrected chi connectivity index (χ0v) is 18.0. The summed E-state index contributed by atoms with van der Waals surface area (Å²) in [5, 5.41) is 2.13. The molecule has 1 atom stereocenters. The molecule has 0 spiro atoms. The SMILES string of the molecule is COc1cc(C2SC=C(c3cc(OC)c(OC)c(OC)c3)S2)cc(N)c1OC. The molecule has 0 bridgehead atoms. The molecule has 2 aromatic carbocycles. The van der Waals surface area contributed by atoms with E-state index in [0.717, 1.165) is 16.0 Å². The lowest BCUT2D eigenvalue weighted by Gasteiger charge is -2.16. The molecule has 0 radical (unpaired) electrons. The van der Waals surface area contributed by atoms with Crippen LogP contribution in [-0.2, 0) is 0 Å². The Labute approximate surface area is 173 Å². The molecule has 8 heteroatoms. The number of thioether (sulfide) groups is 2. The van der Waals surface area contributed by atoms with Gasteiger partial charge in [0.15, 0.2) is 23.0 Å². The molecule has 0 fully saturated rings. The first kappa shape index (κ1) is 20.4. The van der Waals surface area contributed by atoms with Crippen LogP contribution in [0.15, 0.2) is 29.7 Å². The summed E-state index contributed by atoms with van der Waals surface area (Å²) >= 11 is 3.44. The minimum absolute atomic E-state index is 0.149. The first-order valence-electron chi connectivity index (χ1n) is 8.40. The number of ether oxygens (including phenoxy) is 5. The fraction of sp³-hybridized carbons (Fsp3) is 0.300. The highest BCUT2D eigenvalue weighted by Gasteiger charge is 2.25. The minimum Gasteiger partial charge on any atom is -0.493 e. The molecule has 2 aromatic rings. The number of benzene rings is 2. The molecule has 1 aliphatic heterocycles. The molecule has 0 aliphatic carbocycles. The molecule has 6 nitrogen and oxygen atoms in total. The summed E-state index contributed by atoms with van der Waals surface area (Å²) in [6.45, 7) is 0. The predicted molar refractivity (Wildman–Crippen MR) is 116 cm³/mol. The van der Waals surface area contributed by atoms with Crippen LogP contribution in [0.3, 0.4) is 0 Å². The van der Waals surface area contributed by atoms with Crippen LogP contribution in [0.2, 0.25) is 0 Å². The second kappa shape index (κ2) is 8.79. The fourth-order valence-corrected chi connectivity index (χ4v) is 5.47. The fourth-order valence-electron chi connectivity index (χ4n) is 2.95. The summed E-state index contributed by atoms with van der Waals surface area (Å²) in [5.41, 5.74) is 8.76. The van der Waals surface area contributed by atoms with Gasteiger partial charge in [0.1, 0.15) is 0 Å². The van der Waals surface area contributed by atoms with Crippen LogP contribution < -0.4 is 29.4 Å². The summed E-state index contributed by atoms with van der Waals surface area (Å²) in [6, 6.07) is 7.79. The van der Waals surface area contributed by atoms with Gasteiger partial charge in [0.25, 0.3) is 0 Å². The largest absolute Gasteiger partial charge is 0.493 e. The summed E-state index contributed by atoms with van der Waals surface area (Å²) in [5.74, 6) is 3.01. The van der Waals surface area contributed by atoms with E-state index in [4.69, 9.17) is 29.4 Å². The average Bonchev–Trinajstić information content (AvgIpc) is 3.22. The summed E-state index contributed by atoms with van der Waals surface area (Å²) in [4.78, 5) is 1.11. The molecular formula is C20H23NO5S2. The molecular weight excluding hydrogens is 398 g/mol. The Balaban J connectivity index is 1.89. The number of rotatable bonds is 7. The van der Waals surface area contributed by atoms with Crippen molar-refractivity contribution in [2.75, 3.05) is 41.3 Å². The highest BCUT2D eigenvalue weighted by atomic mass is 32.2. The lowest BCUT2D eigenvalue weighted by atomic mass is 10.2. The maximum atomic E-state index is 6.14. The number of hydrogen-bond acceptors (Lipinski definition) is 8. The van der Waals surface area contributed by atoms with Crippen LogP contribution in [0.4, 0.5) is 5.69 Å². The number of nitrogens with two attached hydrogens (primary N) is 1. The van der Waals surface area contributed by atoms with Crippen molar-refractivity contribution in [3.63, 3.8) is 0 Å². The van der Waals surface area contributed by atoms with E-state index in [1.807, 2.05) is 24.3 Å². The van der Waals surface area contributed by atoms with Crippen molar-refractivity contribution in [2.45, 2.75) is 4.58 Å². The van der Waals surface area contributed by atoms with Gasteiger partial charge in [-0.3, -0.25) is 0 Å². The van der Waals surface area contributed by atoms with Gasteiger partial charge < -0.3 is 29.4 Å². The lowest BCUT2D eigenvalue weighted by Crippen LogP contribution is -1.99.